The predicted molar refractivity (Wildman–Crippen MR) is 209 cm³/mol. The first kappa shape index (κ1) is 35.3. The van der Waals surface area contributed by atoms with E-state index in [1.54, 1.807) is 12.3 Å². The van der Waals surface area contributed by atoms with Crippen molar-refractivity contribution in [3.8, 4) is 22.5 Å². The number of pyridine rings is 1. The number of benzene rings is 3. The van der Waals surface area contributed by atoms with Gasteiger partial charge in [0.15, 0.2) is 5.82 Å². The Balaban J connectivity index is 1.34. The van der Waals surface area contributed by atoms with Crippen molar-refractivity contribution < 1.29 is 9.59 Å². The first-order chi connectivity index (χ1) is 25.2. The summed E-state index contributed by atoms with van der Waals surface area (Å²) in [5.74, 6) is -0.219. The number of amides is 2. The van der Waals surface area contributed by atoms with Gasteiger partial charge in [0.1, 0.15) is 11.9 Å². The molecule has 0 aliphatic carbocycles. The number of anilines is 2. The Hall–Kier alpha value is -5.16. The van der Waals surface area contributed by atoms with Gasteiger partial charge in [0.2, 0.25) is 5.91 Å². The second kappa shape index (κ2) is 15.2. The van der Waals surface area contributed by atoms with Gasteiger partial charge in [-0.25, -0.2) is 9.97 Å². The molecule has 52 heavy (non-hydrogen) atoms. The molecule has 0 bridgehead atoms. The second-order valence-electron chi connectivity index (χ2n) is 13.2. The summed E-state index contributed by atoms with van der Waals surface area (Å²) in [7, 11) is 0. The maximum Gasteiger partial charge on any atom is 0.272 e. The van der Waals surface area contributed by atoms with E-state index >= 15 is 0 Å². The highest BCUT2D eigenvalue weighted by Gasteiger charge is 2.31. The van der Waals surface area contributed by atoms with Crippen molar-refractivity contribution in [2.75, 3.05) is 23.3 Å². The number of H-pyrrole nitrogens is 1. The minimum atomic E-state index is -0.364. The van der Waals surface area contributed by atoms with Crippen LogP contribution in [0, 0.1) is 5.92 Å². The van der Waals surface area contributed by atoms with Gasteiger partial charge in [0.25, 0.3) is 5.91 Å². The molecule has 12 heteroatoms. The van der Waals surface area contributed by atoms with Crippen molar-refractivity contribution in [1.29, 1.82) is 0 Å². The van der Waals surface area contributed by atoms with Gasteiger partial charge in [-0.1, -0.05) is 78.7 Å². The number of carbonyl (C=O) groups excluding carboxylic acids is 2. The highest BCUT2D eigenvalue weighted by molar-refractivity contribution is 6.31. The number of rotatable bonds is 10. The van der Waals surface area contributed by atoms with Crippen molar-refractivity contribution in [3.05, 3.63) is 119 Å². The van der Waals surface area contributed by atoms with Crippen LogP contribution in [0.1, 0.15) is 55.2 Å². The largest absolute Gasteiger partial charge is 0.350 e. The number of carbonyl (C=O) groups is 2. The third kappa shape index (κ3) is 7.01. The van der Waals surface area contributed by atoms with E-state index < -0.39 is 0 Å². The fraction of sp³-hybridized carbons (Fsp3) is 0.250. The van der Waals surface area contributed by atoms with Crippen molar-refractivity contribution in [2.45, 2.75) is 45.3 Å². The Morgan fingerprint density at radius 2 is 1.73 bits per heavy atom. The van der Waals surface area contributed by atoms with Gasteiger partial charge in [-0.05, 0) is 68.1 Å². The normalized spacial score (nSPS) is 15.7. The number of hydrogen-bond donors (Lipinski definition) is 4. The zero-order valence-electron chi connectivity index (χ0n) is 28.9. The Kier molecular flexibility index (Phi) is 10.3. The van der Waals surface area contributed by atoms with Gasteiger partial charge >= 0.3 is 0 Å². The molecule has 266 valence electrons. The SMILES string of the molecule is CC(CN)C(=O)NC1CCCCN1c1ncccc1NC(=O)c1[nH]c2cc(Cl)ccc2c1-c1c(-c2ccccc2)ncn1[C@@H](C)c1ccc(Cl)cc1. The van der Waals surface area contributed by atoms with Crippen LogP contribution in [-0.4, -0.2) is 50.6 Å². The quantitative estimate of drug-likeness (QED) is 0.112. The van der Waals surface area contributed by atoms with Crippen LogP contribution in [0.25, 0.3) is 33.4 Å². The van der Waals surface area contributed by atoms with Crippen LogP contribution in [0.4, 0.5) is 11.5 Å². The van der Waals surface area contributed by atoms with Gasteiger partial charge in [0.05, 0.1) is 29.4 Å². The number of aromatic nitrogens is 4. The molecular weight excluding hydrogens is 695 g/mol. The lowest BCUT2D eigenvalue weighted by molar-refractivity contribution is -0.125. The molecule has 1 saturated heterocycles. The van der Waals surface area contributed by atoms with Crippen molar-refractivity contribution in [2.24, 2.45) is 11.7 Å². The summed E-state index contributed by atoms with van der Waals surface area (Å²) in [6, 6.07) is 26.7. The minimum absolute atomic E-state index is 0.110. The number of nitrogens with two attached hydrogens (primary N) is 1. The highest BCUT2D eigenvalue weighted by atomic mass is 35.5. The van der Waals surface area contributed by atoms with E-state index in [1.807, 2.05) is 92.1 Å². The molecule has 10 nitrogen and oxygen atoms in total. The van der Waals surface area contributed by atoms with Crippen LogP contribution in [0.15, 0.2) is 97.5 Å². The zero-order valence-corrected chi connectivity index (χ0v) is 30.5. The molecule has 3 aromatic carbocycles. The van der Waals surface area contributed by atoms with Crippen LogP contribution in [0.3, 0.4) is 0 Å². The van der Waals surface area contributed by atoms with Gasteiger partial charge in [-0.3, -0.25) is 9.59 Å². The number of nitrogens with zero attached hydrogens (tertiary/aromatic N) is 4. The van der Waals surface area contributed by atoms with Gasteiger partial charge in [-0.15, -0.1) is 0 Å². The van der Waals surface area contributed by atoms with E-state index in [0.29, 0.717) is 44.9 Å². The first-order valence-electron chi connectivity index (χ1n) is 17.5. The van der Waals surface area contributed by atoms with Crippen LogP contribution in [0.5, 0.6) is 0 Å². The maximum absolute atomic E-state index is 14.7. The molecule has 3 atom stereocenters. The number of fused-ring (bicyclic) bond motifs is 1. The molecule has 0 radical (unpaired) electrons. The smallest absolute Gasteiger partial charge is 0.272 e. The lowest BCUT2D eigenvalue weighted by Crippen LogP contribution is -2.53. The number of nitrogens with one attached hydrogen (secondary N) is 3. The summed E-state index contributed by atoms with van der Waals surface area (Å²) in [6.07, 6.45) is 5.86. The fourth-order valence-corrected chi connectivity index (χ4v) is 7.15. The van der Waals surface area contributed by atoms with E-state index in [0.717, 1.165) is 47.2 Å². The number of halogens is 2. The van der Waals surface area contributed by atoms with Crippen LogP contribution >= 0.6 is 23.2 Å². The van der Waals surface area contributed by atoms with Gasteiger partial charge < -0.3 is 30.8 Å². The number of piperidine rings is 1. The molecule has 1 aliphatic heterocycles. The fourth-order valence-electron chi connectivity index (χ4n) is 6.85. The molecule has 5 N–H and O–H groups in total. The Bertz CT molecular complexity index is 2220. The third-order valence-corrected chi connectivity index (χ3v) is 10.2. The number of imidazole rings is 1. The number of aromatic amines is 1. The molecule has 6 aromatic rings. The lowest BCUT2D eigenvalue weighted by Gasteiger charge is -2.38. The van der Waals surface area contributed by atoms with Crippen LogP contribution in [0.2, 0.25) is 10.0 Å². The van der Waals surface area contributed by atoms with Crippen LogP contribution in [-0.2, 0) is 4.79 Å². The molecule has 3 aromatic heterocycles. The Morgan fingerprint density at radius 1 is 0.962 bits per heavy atom. The van der Waals surface area contributed by atoms with Crippen molar-refractivity contribution in [1.82, 2.24) is 24.8 Å². The summed E-state index contributed by atoms with van der Waals surface area (Å²) in [5, 5.41) is 8.33. The number of hydrogen-bond acceptors (Lipinski definition) is 6. The monoisotopic (exact) mass is 734 g/mol. The molecule has 1 fully saturated rings. The average molecular weight is 736 g/mol. The summed E-state index contributed by atoms with van der Waals surface area (Å²) in [4.78, 5) is 42.7. The maximum atomic E-state index is 14.7. The summed E-state index contributed by atoms with van der Waals surface area (Å²) in [6.45, 7) is 4.83. The van der Waals surface area contributed by atoms with E-state index in [1.165, 1.54) is 0 Å². The Morgan fingerprint density at radius 3 is 2.50 bits per heavy atom. The molecule has 7 rings (SSSR count). The first-order valence-corrected chi connectivity index (χ1v) is 18.2. The molecule has 2 unspecified atom stereocenters. The molecule has 0 spiro atoms. The molecular formula is C40H40Cl2N8O2. The van der Waals surface area contributed by atoms with E-state index in [9.17, 15) is 9.59 Å². The molecule has 0 saturated carbocycles. The summed E-state index contributed by atoms with van der Waals surface area (Å²) in [5.41, 5.74) is 11.5. The Labute approximate surface area is 312 Å². The standard InChI is InChI=1S/C40H40Cl2N8O2/c1-24(22-43)39(51)48-33-12-6-7-20-49(33)38-31(11-8-19-44-38)47-40(52)36-34(30-18-17-29(42)21-32(30)46-36)37-35(27-9-4-3-5-10-27)45-23-50(37)25(2)26-13-15-28(41)16-14-26/h3-5,8-11,13-19,21,23-25,33,46H,6-7,12,20,22,43H2,1-2H3,(H,47,52)(H,48,51)/t24?,25-,33?/m0/s1. The third-order valence-electron chi connectivity index (χ3n) is 9.75. The van der Waals surface area contributed by atoms with Crippen molar-refractivity contribution in [3.63, 3.8) is 0 Å². The molecule has 1 aliphatic rings. The lowest BCUT2D eigenvalue weighted by atomic mass is 9.99. The van der Waals surface area contributed by atoms with E-state index in [2.05, 4.69) is 32.0 Å². The van der Waals surface area contributed by atoms with Gasteiger partial charge in [-0.2, -0.15) is 0 Å². The van der Waals surface area contributed by atoms with E-state index in [4.69, 9.17) is 38.9 Å². The van der Waals surface area contributed by atoms with Crippen LogP contribution < -0.4 is 21.3 Å². The predicted octanol–water partition coefficient (Wildman–Crippen LogP) is 8.29. The molecule has 2 amide bonds. The summed E-state index contributed by atoms with van der Waals surface area (Å²) >= 11 is 12.8. The summed E-state index contributed by atoms with van der Waals surface area (Å²) < 4.78 is 2.10. The van der Waals surface area contributed by atoms with Crippen molar-refractivity contribution >= 4 is 57.4 Å². The molecule has 4 heterocycles. The van der Waals surface area contributed by atoms with E-state index in [-0.39, 0.29) is 36.5 Å². The second-order valence-corrected chi connectivity index (χ2v) is 14.1. The minimum Gasteiger partial charge on any atom is -0.350 e. The average Bonchev–Trinajstić information content (AvgIpc) is 3.77. The topological polar surface area (TPSA) is 134 Å². The van der Waals surface area contributed by atoms with Gasteiger partial charge in [0, 0.05) is 57.3 Å². The zero-order chi connectivity index (χ0) is 36.4. The highest BCUT2D eigenvalue weighted by Crippen LogP contribution is 2.42.